The monoisotopic (exact) mass is 280 g/mol. The van der Waals surface area contributed by atoms with Gasteiger partial charge in [-0.15, -0.1) is 0 Å². The summed E-state index contributed by atoms with van der Waals surface area (Å²) in [6, 6.07) is 7.47. The molecule has 0 atom stereocenters. The smallest absolute Gasteiger partial charge is 0.318 e. The first-order chi connectivity index (χ1) is 9.01. The molecule has 2 rings (SSSR count). The Kier molecular flexibility index (Phi) is 3.52. The van der Waals surface area contributed by atoms with Crippen molar-refractivity contribution in [2.24, 2.45) is 0 Å². The summed E-state index contributed by atoms with van der Waals surface area (Å²) in [7, 11) is -2.34. The number of benzene rings is 1. The van der Waals surface area contributed by atoms with Crippen LogP contribution in [-0.2, 0) is 10.0 Å². The Morgan fingerprint density at radius 2 is 2.11 bits per heavy atom. The van der Waals surface area contributed by atoms with Crippen LogP contribution in [0, 0.1) is 0 Å². The van der Waals surface area contributed by atoms with Crippen molar-refractivity contribution in [3.63, 3.8) is 0 Å². The fourth-order valence-corrected chi connectivity index (χ4v) is 2.43. The Labute approximate surface area is 110 Å². The van der Waals surface area contributed by atoms with Gasteiger partial charge >= 0.3 is 6.01 Å². The first-order valence-electron chi connectivity index (χ1n) is 5.27. The molecule has 1 aromatic heterocycles. The van der Waals surface area contributed by atoms with Crippen molar-refractivity contribution < 1.29 is 13.2 Å². The largest absolute Gasteiger partial charge is 0.467 e. The lowest BCUT2D eigenvalue weighted by atomic mass is 10.3. The van der Waals surface area contributed by atoms with Gasteiger partial charge in [0.25, 0.3) is 10.0 Å². The molecule has 100 valence electrons. The van der Waals surface area contributed by atoms with Crippen molar-refractivity contribution in [2.45, 2.75) is 4.90 Å². The lowest BCUT2D eigenvalue weighted by Crippen LogP contribution is -2.14. The summed E-state index contributed by atoms with van der Waals surface area (Å²) >= 11 is 0. The molecule has 1 aromatic carbocycles. The first kappa shape index (κ1) is 13.1. The molecule has 19 heavy (non-hydrogen) atoms. The topological polar surface area (TPSA) is 107 Å². The maximum absolute atomic E-state index is 12.1. The number of nitrogen functional groups attached to an aromatic ring is 1. The molecule has 0 saturated carbocycles. The molecule has 8 heteroatoms. The molecule has 2 aromatic rings. The third kappa shape index (κ3) is 3.10. The third-order valence-corrected chi connectivity index (χ3v) is 3.58. The van der Waals surface area contributed by atoms with Crippen LogP contribution in [0.15, 0.2) is 41.4 Å². The standard InChI is InChI=1S/C11H12N4O3S/c1-18-11-13-6-5-10(14-11)15-19(16,17)9-4-2-3-8(12)7-9/h2-7H,12H2,1H3,(H,13,14,15). The molecule has 0 radical (unpaired) electrons. The van der Waals surface area contributed by atoms with Gasteiger partial charge in [-0.1, -0.05) is 6.07 Å². The fraction of sp³-hybridized carbons (Fsp3) is 0.0909. The zero-order valence-corrected chi connectivity index (χ0v) is 10.9. The number of anilines is 2. The molecule has 0 saturated heterocycles. The minimum absolute atomic E-state index is 0.0603. The van der Waals surface area contributed by atoms with Crippen molar-refractivity contribution in [3.8, 4) is 6.01 Å². The minimum Gasteiger partial charge on any atom is -0.467 e. The lowest BCUT2D eigenvalue weighted by molar-refractivity contribution is 0.380. The van der Waals surface area contributed by atoms with Crippen LogP contribution in [-0.4, -0.2) is 25.5 Å². The van der Waals surface area contributed by atoms with Gasteiger partial charge in [0.2, 0.25) is 0 Å². The van der Waals surface area contributed by atoms with Crippen molar-refractivity contribution in [1.29, 1.82) is 0 Å². The van der Waals surface area contributed by atoms with Gasteiger partial charge in [0, 0.05) is 18.0 Å². The number of nitrogens with two attached hydrogens (primary N) is 1. The van der Waals surface area contributed by atoms with Gasteiger partial charge in [-0.25, -0.2) is 13.4 Å². The van der Waals surface area contributed by atoms with E-state index in [-0.39, 0.29) is 16.7 Å². The maximum Gasteiger partial charge on any atom is 0.318 e. The molecule has 3 N–H and O–H groups in total. The van der Waals surface area contributed by atoms with Crippen molar-refractivity contribution >= 4 is 21.5 Å². The van der Waals surface area contributed by atoms with Gasteiger partial charge in [0.05, 0.1) is 12.0 Å². The molecule has 0 amide bonds. The summed E-state index contributed by atoms with van der Waals surface area (Å²) in [6.45, 7) is 0. The molecule has 0 unspecified atom stereocenters. The fourth-order valence-electron chi connectivity index (χ4n) is 1.37. The molecular formula is C11H12N4O3S. The molecule has 0 fully saturated rings. The van der Waals surface area contributed by atoms with Crippen LogP contribution in [0.1, 0.15) is 0 Å². The van der Waals surface area contributed by atoms with Crippen LogP contribution in [0.25, 0.3) is 0 Å². The van der Waals surface area contributed by atoms with Gasteiger partial charge < -0.3 is 10.5 Å². The molecule has 0 aliphatic carbocycles. The highest BCUT2D eigenvalue weighted by Crippen LogP contribution is 2.17. The van der Waals surface area contributed by atoms with Gasteiger partial charge in [0.15, 0.2) is 0 Å². The average Bonchev–Trinajstić information content (AvgIpc) is 2.38. The number of rotatable bonds is 4. The lowest BCUT2D eigenvalue weighted by Gasteiger charge is -2.08. The number of sulfonamides is 1. The Balaban J connectivity index is 2.31. The Morgan fingerprint density at radius 1 is 1.32 bits per heavy atom. The Bertz CT molecular complexity index is 688. The van der Waals surface area contributed by atoms with Crippen LogP contribution >= 0.6 is 0 Å². The number of nitrogens with zero attached hydrogens (tertiary/aromatic N) is 2. The summed E-state index contributed by atoms with van der Waals surface area (Å²) in [5.74, 6) is 0.120. The van der Waals surface area contributed by atoms with E-state index in [1.807, 2.05) is 0 Å². The first-order valence-corrected chi connectivity index (χ1v) is 6.75. The van der Waals surface area contributed by atoms with E-state index in [0.29, 0.717) is 5.69 Å². The third-order valence-electron chi connectivity index (χ3n) is 2.22. The zero-order valence-electron chi connectivity index (χ0n) is 10.1. The van der Waals surface area contributed by atoms with E-state index in [1.54, 1.807) is 12.1 Å². The van der Waals surface area contributed by atoms with Crippen LogP contribution in [0.2, 0.25) is 0 Å². The predicted octanol–water partition coefficient (Wildman–Crippen LogP) is 0.868. The number of methoxy groups -OCH3 is 1. The summed E-state index contributed by atoms with van der Waals surface area (Å²) in [6.07, 6.45) is 1.39. The average molecular weight is 280 g/mol. The molecule has 0 spiro atoms. The summed E-state index contributed by atoms with van der Waals surface area (Å²) in [5.41, 5.74) is 5.92. The van der Waals surface area contributed by atoms with Crippen LogP contribution in [0.4, 0.5) is 11.5 Å². The van der Waals surface area contributed by atoms with Gasteiger partial charge in [-0.2, -0.15) is 4.98 Å². The highest BCUT2D eigenvalue weighted by Gasteiger charge is 2.15. The Hall–Kier alpha value is -2.35. The Morgan fingerprint density at radius 3 is 2.79 bits per heavy atom. The van der Waals surface area contributed by atoms with Crippen LogP contribution < -0.4 is 15.2 Å². The summed E-state index contributed by atoms with van der Waals surface area (Å²) in [4.78, 5) is 7.72. The van der Waals surface area contributed by atoms with E-state index in [4.69, 9.17) is 10.5 Å². The number of nitrogens with one attached hydrogen (secondary N) is 1. The summed E-state index contributed by atoms with van der Waals surface area (Å²) < 4.78 is 31.3. The predicted molar refractivity (Wildman–Crippen MR) is 70.2 cm³/mol. The molecule has 0 bridgehead atoms. The number of aromatic nitrogens is 2. The molecule has 1 heterocycles. The van der Waals surface area contributed by atoms with E-state index >= 15 is 0 Å². The van der Waals surface area contributed by atoms with E-state index in [9.17, 15) is 8.42 Å². The number of hydrogen-bond donors (Lipinski definition) is 2. The molecular weight excluding hydrogens is 268 g/mol. The van der Waals surface area contributed by atoms with Crippen molar-refractivity contribution in [2.75, 3.05) is 17.6 Å². The number of hydrogen-bond acceptors (Lipinski definition) is 6. The quantitative estimate of drug-likeness (QED) is 0.805. The molecule has 0 aliphatic heterocycles. The highest BCUT2D eigenvalue weighted by molar-refractivity contribution is 7.92. The van der Waals surface area contributed by atoms with Gasteiger partial charge in [-0.3, -0.25) is 4.72 Å². The van der Waals surface area contributed by atoms with Crippen LogP contribution in [0.3, 0.4) is 0 Å². The highest BCUT2D eigenvalue weighted by atomic mass is 32.2. The zero-order chi connectivity index (χ0) is 13.9. The van der Waals surface area contributed by atoms with Gasteiger partial charge in [0.1, 0.15) is 5.82 Å². The van der Waals surface area contributed by atoms with Crippen molar-refractivity contribution in [3.05, 3.63) is 36.5 Å². The maximum atomic E-state index is 12.1. The van der Waals surface area contributed by atoms with Crippen molar-refractivity contribution in [1.82, 2.24) is 9.97 Å². The van der Waals surface area contributed by atoms with Gasteiger partial charge in [-0.05, 0) is 18.2 Å². The second-order valence-electron chi connectivity index (χ2n) is 3.61. The van der Waals surface area contributed by atoms with E-state index in [1.165, 1.54) is 31.5 Å². The normalized spacial score (nSPS) is 11.0. The minimum atomic E-state index is -3.74. The van der Waals surface area contributed by atoms with E-state index in [0.717, 1.165) is 0 Å². The second kappa shape index (κ2) is 5.11. The van der Waals surface area contributed by atoms with Crippen LogP contribution in [0.5, 0.6) is 6.01 Å². The van der Waals surface area contributed by atoms with E-state index in [2.05, 4.69) is 14.7 Å². The molecule has 0 aliphatic rings. The van der Waals surface area contributed by atoms with E-state index < -0.39 is 10.0 Å². The second-order valence-corrected chi connectivity index (χ2v) is 5.29. The summed E-state index contributed by atoms with van der Waals surface area (Å²) in [5, 5.41) is 0. The molecule has 7 nitrogen and oxygen atoms in total. The number of ether oxygens (including phenoxy) is 1. The SMILES string of the molecule is COc1nccc(NS(=O)(=O)c2cccc(N)c2)n1.